The van der Waals surface area contributed by atoms with Crippen molar-refractivity contribution in [2.75, 3.05) is 25.6 Å². The fourth-order valence-corrected chi connectivity index (χ4v) is 1.39. The molecule has 1 aromatic heterocycles. The molecule has 0 spiro atoms. The molecule has 96 valence electrons. The molecule has 6 heteroatoms. The molecular weight excluding hydrogens is 232 g/mol. The predicted molar refractivity (Wildman–Crippen MR) is 67.6 cm³/mol. The lowest BCUT2D eigenvalue weighted by Gasteiger charge is -2.00. The highest BCUT2D eigenvalue weighted by Crippen LogP contribution is 2.13. The number of para-hydroxylation sites is 1. The smallest absolute Gasteiger partial charge is 0.320 e. The summed E-state index contributed by atoms with van der Waals surface area (Å²) in [6, 6.07) is 10.1. The average molecular weight is 248 g/mol. The molecule has 1 heterocycles. The lowest BCUT2D eigenvalue weighted by molar-refractivity contribution is 0.198. The van der Waals surface area contributed by atoms with Gasteiger partial charge >= 0.3 is 6.01 Å². The fraction of sp³-hybridized carbons (Fsp3) is 0.333. The van der Waals surface area contributed by atoms with E-state index < -0.39 is 0 Å². The van der Waals surface area contributed by atoms with E-state index in [0.717, 1.165) is 12.2 Å². The largest absolute Gasteiger partial charge is 0.406 e. The lowest BCUT2D eigenvalue weighted by Crippen LogP contribution is -2.18. The third-order valence-corrected chi connectivity index (χ3v) is 2.25. The van der Waals surface area contributed by atoms with Crippen LogP contribution in [0, 0.1) is 0 Å². The van der Waals surface area contributed by atoms with E-state index in [9.17, 15) is 0 Å². The maximum atomic E-state index is 5.43. The van der Waals surface area contributed by atoms with E-state index in [1.54, 1.807) is 7.11 Å². The zero-order valence-electron chi connectivity index (χ0n) is 10.2. The fourth-order valence-electron chi connectivity index (χ4n) is 1.39. The number of rotatable bonds is 7. The van der Waals surface area contributed by atoms with Crippen LogP contribution >= 0.6 is 0 Å². The molecule has 2 N–H and O–H groups in total. The number of nitrogens with zero attached hydrogens (tertiary/aromatic N) is 2. The standard InChI is InChI=1S/C12H16N4O2/c1-17-8-7-13-9-11-15-16-12(18-11)14-10-5-3-2-4-6-10/h2-6,13H,7-9H2,1H3,(H,14,16). The van der Waals surface area contributed by atoms with Crippen LogP contribution in [-0.2, 0) is 11.3 Å². The van der Waals surface area contributed by atoms with Crippen LogP contribution < -0.4 is 10.6 Å². The molecule has 0 aliphatic carbocycles. The van der Waals surface area contributed by atoms with Gasteiger partial charge in [0.25, 0.3) is 0 Å². The van der Waals surface area contributed by atoms with Gasteiger partial charge < -0.3 is 19.8 Å². The summed E-state index contributed by atoms with van der Waals surface area (Å²) in [6.45, 7) is 1.94. The number of hydrogen-bond donors (Lipinski definition) is 2. The van der Waals surface area contributed by atoms with Gasteiger partial charge in [-0.15, -0.1) is 5.10 Å². The molecule has 2 aromatic rings. The Morgan fingerprint density at radius 1 is 1.22 bits per heavy atom. The molecule has 0 bridgehead atoms. The van der Waals surface area contributed by atoms with Crippen LogP contribution in [0.3, 0.4) is 0 Å². The first-order valence-corrected chi connectivity index (χ1v) is 5.72. The molecule has 6 nitrogen and oxygen atoms in total. The lowest BCUT2D eigenvalue weighted by atomic mass is 10.3. The Morgan fingerprint density at radius 3 is 2.83 bits per heavy atom. The molecule has 0 saturated heterocycles. The Bertz CT molecular complexity index is 458. The third-order valence-electron chi connectivity index (χ3n) is 2.25. The Labute approximate surface area is 105 Å². The van der Waals surface area contributed by atoms with Gasteiger partial charge in [-0.1, -0.05) is 23.3 Å². The summed E-state index contributed by atoms with van der Waals surface area (Å²) in [5, 5.41) is 14.0. The van der Waals surface area contributed by atoms with Crippen molar-refractivity contribution in [3.63, 3.8) is 0 Å². The summed E-state index contributed by atoms with van der Waals surface area (Å²) in [7, 11) is 1.66. The van der Waals surface area contributed by atoms with Crippen molar-refractivity contribution in [1.29, 1.82) is 0 Å². The van der Waals surface area contributed by atoms with Gasteiger partial charge in [0, 0.05) is 19.3 Å². The monoisotopic (exact) mass is 248 g/mol. The van der Waals surface area contributed by atoms with E-state index in [1.807, 2.05) is 30.3 Å². The number of aromatic nitrogens is 2. The van der Waals surface area contributed by atoms with Crippen molar-refractivity contribution in [2.24, 2.45) is 0 Å². The predicted octanol–water partition coefficient (Wildman–Crippen LogP) is 1.55. The minimum atomic E-state index is 0.393. The first-order chi connectivity index (χ1) is 8.88. The zero-order valence-corrected chi connectivity index (χ0v) is 10.2. The van der Waals surface area contributed by atoms with Crippen molar-refractivity contribution in [3.05, 3.63) is 36.2 Å². The number of ether oxygens (including phenoxy) is 1. The minimum Gasteiger partial charge on any atom is -0.406 e. The van der Waals surface area contributed by atoms with Crippen LogP contribution in [0.2, 0.25) is 0 Å². The summed E-state index contributed by atoms with van der Waals surface area (Å²) in [5.41, 5.74) is 0.917. The van der Waals surface area contributed by atoms with Gasteiger partial charge in [0.2, 0.25) is 5.89 Å². The molecule has 0 atom stereocenters. The molecule has 0 fully saturated rings. The van der Waals surface area contributed by atoms with Crippen molar-refractivity contribution in [1.82, 2.24) is 15.5 Å². The van der Waals surface area contributed by atoms with Crippen LogP contribution in [-0.4, -0.2) is 30.5 Å². The molecule has 0 radical (unpaired) electrons. The van der Waals surface area contributed by atoms with E-state index in [4.69, 9.17) is 9.15 Å². The molecule has 0 amide bonds. The van der Waals surface area contributed by atoms with Crippen LogP contribution in [0.15, 0.2) is 34.7 Å². The van der Waals surface area contributed by atoms with Gasteiger partial charge in [0.15, 0.2) is 0 Å². The maximum absolute atomic E-state index is 5.43. The molecule has 18 heavy (non-hydrogen) atoms. The second-order valence-corrected chi connectivity index (χ2v) is 3.66. The summed E-state index contributed by atoms with van der Waals surface area (Å²) < 4.78 is 10.4. The summed E-state index contributed by atoms with van der Waals surface area (Å²) >= 11 is 0. The maximum Gasteiger partial charge on any atom is 0.320 e. The second kappa shape index (κ2) is 6.73. The van der Waals surface area contributed by atoms with E-state index in [0.29, 0.717) is 25.1 Å². The van der Waals surface area contributed by atoms with Gasteiger partial charge in [0.1, 0.15) is 0 Å². The van der Waals surface area contributed by atoms with Crippen LogP contribution in [0.5, 0.6) is 0 Å². The van der Waals surface area contributed by atoms with Crippen molar-refractivity contribution in [3.8, 4) is 0 Å². The number of nitrogens with one attached hydrogen (secondary N) is 2. The average Bonchev–Trinajstić information content (AvgIpc) is 2.84. The highest BCUT2D eigenvalue weighted by Gasteiger charge is 2.05. The molecular formula is C12H16N4O2. The first-order valence-electron chi connectivity index (χ1n) is 5.72. The van der Waals surface area contributed by atoms with E-state index in [1.165, 1.54) is 0 Å². The van der Waals surface area contributed by atoms with E-state index in [-0.39, 0.29) is 0 Å². The SMILES string of the molecule is COCCNCc1nnc(Nc2ccccc2)o1. The van der Waals surface area contributed by atoms with Gasteiger partial charge in [-0.3, -0.25) is 0 Å². The second-order valence-electron chi connectivity index (χ2n) is 3.66. The number of anilines is 2. The number of benzene rings is 1. The topological polar surface area (TPSA) is 72.2 Å². The minimum absolute atomic E-state index is 0.393. The van der Waals surface area contributed by atoms with Crippen molar-refractivity contribution in [2.45, 2.75) is 6.54 Å². The molecule has 0 aliphatic heterocycles. The van der Waals surface area contributed by atoms with Gasteiger partial charge in [-0.05, 0) is 12.1 Å². The van der Waals surface area contributed by atoms with E-state index in [2.05, 4.69) is 20.8 Å². The zero-order chi connectivity index (χ0) is 12.6. The van der Waals surface area contributed by atoms with E-state index >= 15 is 0 Å². The quantitative estimate of drug-likeness (QED) is 0.724. The molecule has 0 saturated carbocycles. The first kappa shape index (κ1) is 12.5. The summed E-state index contributed by atoms with van der Waals surface area (Å²) in [4.78, 5) is 0. The Kier molecular flexibility index (Phi) is 4.68. The van der Waals surface area contributed by atoms with Gasteiger partial charge in [-0.2, -0.15) is 0 Å². The Hall–Kier alpha value is -1.92. The number of methoxy groups -OCH3 is 1. The Balaban J connectivity index is 1.83. The third kappa shape index (κ3) is 3.83. The molecule has 0 unspecified atom stereocenters. The van der Waals surface area contributed by atoms with Crippen LogP contribution in [0.1, 0.15) is 5.89 Å². The van der Waals surface area contributed by atoms with Gasteiger partial charge in [0.05, 0.1) is 13.2 Å². The van der Waals surface area contributed by atoms with Crippen molar-refractivity contribution >= 4 is 11.7 Å². The molecule has 1 aromatic carbocycles. The molecule has 2 rings (SSSR count). The number of hydrogen-bond acceptors (Lipinski definition) is 6. The van der Waals surface area contributed by atoms with Crippen LogP contribution in [0.25, 0.3) is 0 Å². The normalized spacial score (nSPS) is 10.5. The summed E-state index contributed by atoms with van der Waals surface area (Å²) in [5.74, 6) is 0.546. The summed E-state index contributed by atoms with van der Waals surface area (Å²) in [6.07, 6.45) is 0. The highest BCUT2D eigenvalue weighted by molar-refractivity contribution is 5.50. The highest BCUT2D eigenvalue weighted by atomic mass is 16.5. The Morgan fingerprint density at radius 2 is 2.06 bits per heavy atom. The van der Waals surface area contributed by atoms with Crippen molar-refractivity contribution < 1.29 is 9.15 Å². The van der Waals surface area contributed by atoms with Gasteiger partial charge in [-0.25, -0.2) is 0 Å². The van der Waals surface area contributed by atoms with Crippen LogP contribution in [0.4, 0.5) is 11.7 Å². The molecule has 0 aliphatic rings.